The molecule has 0 spiro atoms. The molecule has 3 rings (SSSR count). The number of allylic oxidation sites excluding steroid dienone is 1. The van der Waals surface area contributed by atoms with Gasteiger partial charge in [-0.2, -0.15) is 5.26 Å². The van der Waals surface area contributed by atoms with Crippen molar-refractivity contribution in [2.75, 3.05) is 0 Å². The van der Waals surface area contributed by atoms with E-state index < -0.39 is 4.92 Å². The Labute approximate surface area is 198 Å². The number of hydrogen-bond acceptors (Lipinski definition) is 4. The minimum atomic E-state index is -0.504. The highest BCUT2D eigenvalue weighted by atomic mass is 35.5. The van der Waals surface area contributed by atoms with Crippen LogP contribution in [-0.4, -0.2) is 4.92 Å². The fraction of sp³-hybridized carbons (Fsp3) is 0.0455. The number of nitriles is 1. The van der Waals surface area contributed by atoms with Crippen LogP contribution in [0.3, 0.4) is 0 Å². The molecule has 0 amide bonds. The van der Waals surface area contributed by atoms with Gasteiger partial charge in [0.05, 0.1) is 36.7 Å². The maximum atomic E-state index is 10.8. The summed E-state index contributed by atoms with van der Waals surface area (Å²) in [5.41, 5.74) is 2.13. The summed E-state index contributed by atoms with van der Waals surface area (Å²) in [6.45, 7) is 0.178. The lowest BCUT2D eigenvalue weighted by atomic mass is 10.0. The number of rotatable bonds is 6. The molecule has 0 saturated heterocycles. The number of halogens is 4. The zero-order valence-electron chi connectivity index (χ0n) is 15.6. The predicted molar refractivity (Wildman–Crippen MR) is 124 cm³/mol. The molecule has 0 fully saturated rings. The van der Waals surface area contributed by atoms with E-state index in [4.69, 9.17) is 51.1 Å². The minimum Gasteiger partial charge on any atom is -0.486 e. The molecule has 9 heteroatoms. The normalized spacial score (nSPS) is 11.1. The minimum absolute atomic E-state index is 0.0596. The van der Waals surface area contributed by atoms with Gasteiger partial charge < -0.3 is 4.74 Å². The van der Waals surface area contributed by atoms with Crippen LogP contribution in [-0.2, 0) is 6.61 Å². The molecule has 0 heterocycles. The first kappa shape index (κ1) is 22.9. The molecule has 0 unspecified atom stereocenters. The van der Waals surface area contributed by atoms with Gasteiger partial charge >= 0.3 is 0 Å². The fourth-order valence-electron chi connectivity index (χ4n) is 2.70. The highest BCUT2D eigenvalue weighted by molar-refractivity contribution is 6.42. The number of nitrogens with zero attached hydrogens (tertiary/aromatic N) is 2. The van der Waals surface area contributed by atoms with Crippen molar-refractivity contribution in [3.8, 4) is 11.8 Å². The number of non-ortho nitro benzene ring substituents is 1. The Morgan fingerprint density at radius 2 is 1.61 bits per heavy atom. The number of nitro benzene ring substituents is 1. The van der Waals surface area contributed by atoms with Crippen LogP contribution in [0.1, 0.15) is 16.7 Å². The lowest BCUT2D eigenvalue weighted by Gasteiger charge is -2.12. The second kappa shape index (κ2) is 10.0. The zero-order chi connectivity index (χ0) is 22.5. The van der Waals surface area contributed by atoms with Crippen LogP contribution in [0.15, 0.2) is 54.6 Å². The standard InChI is InChI=1S/C22H12Cl4N2O3/c23-18-6-1-13(8-19(18)24)12-31-22-20(25)9-14(10-21(22)26)7-16(11-27)15-2-4-17(5-3-15)28(29)30/h1-10H,12H2/b16-7-. The first-order valence-electron chi connectivity index (χ1n) is 8.71. The Kier molecular flexibility index (Phi) is 7.42. The van der Waals surface area contributed by atoms with E-state index in [1.807, 2.05) is 0 Å². The number of nitro groups is 1. The molecule has 0 aliphatic carbocycles. The van der Waals surface area contributed by atoms with E-state index >= 15 is 0 Å². The van der Waals surface area contributed by atoms with E-state index in [2.05, 4.69) is 6.07 Å². The van der Waals surface area contributed by atoms with Crippen molar-refractivity contribution in [3.63, 3.8) is 0 Å². The van der Waals surface area contributed by atoms with E-state index in [0.29, 0.717) is 32.5 Å². The summed E-state index contributed by atoms with van der Waals surface area (Å²) in [6.07, 6.45) is 1.58. The quantitative estimate of drug-likeness (QED) is 0.151. The molecular formula is C22H12Cl4N2O3. The van der Waals surface area contributed by atoms with Gasteiger partial charge in [0.15, 0.2) is 5.75 Å². The maximum absolute atomic E-state index is 10.8. The van der Waals surface area contributed by atoms with Crippen molar-refractivity contribution in [3.05, 3.63) is 101 Å². The van der Waals surface area contributed by atoms with Gasteiger partial charge in [-0.1, -0.05) is 52.5 Å². The largest absolute Gasteiger partial charge is 0.486 e. The van der Waals surface area contributed by atoms with E-state index in [1.54, 1.807) is 36.4 Å². The van der Waals surface area contributed by atoms with Crippen LogP contribution in [0.4, 0.5) is 5.69 Å². The van der Waals surface area contributed by atoms with Crippen molar-refractivity contribution >= 4 is 63.7 Å². The van der Waals surface area contributed by atoms with Crippen LogP contribution in [0.5, 0.6) is 5.75 Å². The Hall–Kier alpha value is -2.75. The van der Waals surface area contributed by atoms with Crippen LogP contribution in [0, 0.1) is 21.4 Å². The van der Waals surface area contributed by atoms with E-state index in [9.17, 15) is 15.4 Å². The van der Waals surface area contributed by atoms with Gasteiger partial charge in [-0.05, 0) is 59.2 Å². The summed E-state index contributed by atoms with van der Waals surface area (Å²) in [7, 11) is 0. The van der Waals surface area contributed by atoms with Gasteiger partial charge in [0.1, 0.15) is 6.61 Å². The zero-order valence-corrected chi connectivity index (χ0v) is 18.6. The van der Waals surface area contributed by atoms with Crippen molar-refractivity contribution < 1.29 is 9.66 Å². The first-order chi connectivity index (χ1) is 14.8. The third-order valence-electron chi connectivity index (χ3n) is 4.21. The lowest BCUT2D eigenvalue weighted by molar-refractivity contribution is -0.384. The van der Waals surface area contributed by atoms with Crippen LogP contribution >= 0.6 is 46.4 Å². The molecule has 5 nitrogen and oxygen atoms in total. The van der Waals surface area contributed by atoms with Crippen molar-refractivity contribution in [2.24, 2.45) is 0 Å². The lowest BCUT2D eigenvalue weighted by Crippen LogP contribution is -1.97. The molecule has 0 atom stereocenters. The van der Waals surface area contributed by atoms with Gasteiger partial charge in [0.25, 0.3) is 5.69 Å². The molecule has 0 aromatic heterocycles. The Balaban J connectivity index is 1.83. The first-order valence-corrected chi connectivity index (χ1v) is 10.2. The van der Waals surface area contributed by atoms with Crippen molar-refractivity contribution in [1.29, 1.82) is 5.26 Å². The number of hydrogen-bond donors (Lipinski definition) is 0. The monoisotopic (exact) mass is 492 g/mol. The average Bonchev–Trinajstić information content (AvgIpc) is 2.74. The average molecular weight is 494 g/mol. The Bertz CT molecular complexity index is 1200. The second-order valence-electron chi connectivity index (χ2n) is 6.32. The highest BCUT2D eigenvalue weighted by Gasteiger charge is 2.12. The summed E-state index contributed by atoms with van der Waals surface area (Å²) in [5, 5.41) is 21.7. The fourth-order valence-corrected chi connectivity index (χ4v) is 3.63. The Morgan fingerprint density at radius 3 is 2.16 bits per heavy atom. The van der Waals surface area contributed by atoms with Crippen LogP contribution in [0.2, 0.25) is 20.1 Å². The molecule has 0 radical (unpaired) electrons. The van der Waals surface area contributed by atoms with E-state index in [1.165, 1.54) is 24.3 Å². The van der Waals surface area contributed by atoms with Gasteiger partial charge in [0, 0.05) is 12.1 Å². The van der Waals surface area contributed by atoms with Crippen molar-refractivity contribution in [2.45, 2.75) is 6.61 Å². The molecule has 0 saturated carbocycles. The molecule has 3 aromatic rings. The van der Waals surface area contributed by atoms with Gasteiger partial charge in [-0.15, -0.1) is 0 Å². The topological polar surface area (TPSA) is 76.2 Å². The molecule has 156 valence electrons. The number of benzene rings is 3. The smallest absolute Gasteiger partial charge is 0.269 e. The van der Waals surface area contributed by atoms with Crippen LogP contribution in [0.25, 0.3) is 11.6 Å². The predicted octanol–water partition coefficient (Wildman–Crippen LogP) is 7.85. The molecule has 0 aliphatic rings. The Morgan fingerprint density at radius 1 is 0.968 bits per heavy atom. The number of ether oxygens (including phenoxy) is 1. The molecule has 0 N–H and O–H groups in total. The second-order valence-corrected chi connectivity index (χ2v) is 7.95. The molecule has 31 heavy (non-hydrogen) atoms. The molecule has 0 bridgehead atoms. The summed E-state index contributed by atoms with van der Waals surface area (Å²) >= 11 is 24.6. The summed E-state index contributed by atoms with van der Waals surface area (Å²) in [6, 6.07) is 16.1. The third-order valence-corrected chi connectivity index (χ3v) is 5.51. The van der Waals surface area contributed by atoms with Crippen LogP contribution < -0.4 is 4.74 Å². The highest BCUT2D eigenvalue weighted by Crippen LogP contribution is 2.36. The van der Waals surface area contributed by atoms with Gasteiger partial charge in [-0.25, -0.2) is 0 Å². The molecule has 0 aliphatic heterocycles. The summed E-state index contributed by atoms with van der Waals surface area (Å²) < 4.78 is 5.74. The summed E-state index contributed by atoms with van der Waals surface area (Å²) in [4.78, 5) is 10.3. The SMILES string of the molecule is N#C/C(=C/c1cc(Cl)c(OCc2ccc(Cl)c(Cl)c2)c(Cl)c1)c1ccc([N+](=O)[O-])cc1. The van der Waals surface area contributed by atoms with Gasteiger partial charge in [-0.3, -0.25) is 10.1 Å². The molecular weight excluding hydrogens is 482 g/mol. The van der Waals surface area contributed by atoms with Crippen molar-refractivity contribution in [1.82, 2.24) is 0 Å². The van der Waals surface area contributed by atoms with Gasteiger partial charge in [0.2, 0.25) is 0 Å². The summed E-state index contributed by atoms with van der Waals surface area (Å²) in [5.74, 6) is 0.292. The van der Waals surface area contributed by atoms with E-state index in [-0.39, 0.29) is 22.3 Å². The van der Waals surface area contributed by atoms with E-state index in [0.717, 1.165) is 5.56 Å². The maximum Gasteiger partial charge on any atom is 0.269 e. The molecule has 3 aromatic carbocycles. The third kappa shape index (κ3) is 5.69.